The van der Waals surface area contributed by atoms with Gasteiger partial charge < -0.3 is 14.8 Å². The van der Waals surface area contributed by atoms with Crippen LogP contribution in [0.5, 0.6) is 11.5 Å². The minimum Gasteiger partial charge on any atom is -0.497 e. The van der Waals surface area contributed by atoms with Crippen LogP contribution in [0.3, 0.4) is 0 Å². The molecule has 0 saturated carbocycles. The first-order valence-electron chi connectivity index (χ1n) is 8.62. The number of amides is 1. The molecule has 4 nitrogen and oxygen atoms in total. The fourth-order valence-electron chi connectivity index (χ4n) is 2.75. The van der Waals surface area contributed by atoms with Crippen molar-refractivity contribution < 1.29 is 14.3 Å². The Labute approximate surface area is 150 Å². The Hall–Kier alpha value is -2.49. The van der Waals surface area contributed by atoms with Gasteiger partial charge in [-0.15, -0.1) is 0 Å². The molecule has 2 rings (SSSR count). The highest BCUT2D eigenvalue weighted by Gasteiger charge is 2.21. The van der Waals surface area contributed by atoms with E-state index in [0.29, 0.717) is 12.2 Å². The van der Waals surface area contributed by atoms with Gasteiger partial charge in [0.05, 0.1) is 13.2 Å². The zero-order chi connectivity index (χ0) is 18.4. The van der Waals surface area contributed by atoms with Crippen LogP contribution in [0.15, 0.2) is 42.5 Å². The molecule has 2 aromatic rings. The average Bonchev–Trinajstić information content (AvgIpc) is 2.61. The first-order valence-corrected chi connectivity index (χ1v) is 8.62. The van der Waals surface area contributed by atoms with Crippen LogP contribution in [0.4, 0.5) is 0 Å². The van der Waals surface area contributed by atoms with Crippen molar-refractivity contribution in [1.82, 2.24) is 5.32 Å². The summed E-state index contributed by atoms with van der Waals surface area (Å²) in [5, 5.41) is 3.07. The van der Waals surface area contributed by atoms with Gasteiger partial charge in [-0.2, -0.15) is 0 Å². The minimum absolute atomic E-state index is 0.0686. The first kappa shape index (κ1) is 18.8. The topological polar surface area (TPSA) is 47.6 Å². The molecule has 0 aliphatic heterocycles. The second kappa shape index (κ2) is 8.56. The van der Waals surface area contributed by atoms with E-state index in [9.17, 15) is 4.79 Å². The van der Waals surface area contributed by atoms with Crippen molar-refractivity contribution in [2.45, 2.75) is 46.3 Å². The molecule has 1 N–H and O–H groups in total. The fraction of sp³-hybridized carbons (Fsp3) is 0.381. The van der Waals surface area contributed by atoms with Gasteiger partial charge in [0.25, 0.3) is 5.91 Å². The normalized spacial score (nSPS) is 13.0. The van der Waals surface area contributed by atoms with E-state index < -0.39 is 6.10 Å². The summed E-state index contributed by atoms with van der Waals surface area (Å²) in [7, 11) is 1.62. The van der Waals surface area contributed by atoms with Gasteiger partial charge in [0.1, 0.15) is 11.5 Å². The number of rotatable bonds is 7. The highest BCUT2D eigenvalue weighted by atomic mass is 16.5. The summed E-state index contributed by atoms with van der Waals surface area (Å²) in [5.74, 6) is 1.31. The lowest BCUT2D eigenvalue weighted by atomic mass is 10.00. The van der Waals surface area contributed by atoms with Gasteiger partial charge in [-0.3, -0.25) is 4.79 Å². The van der Waals surface area contributed by atoms with Crippen LogP contribution in [-0.4, -0.2) is 19.1 Å². The smallest absolute Gasteiger partial charge is 0.261 e. The monoisotopic (exact) mass is 341 g/mol. The van der Waals surface area contributed by atoms with E-state index in [1.54, 1.807) is 7.11 Å². The van der Waals surface area contributed by atoms with Crippen LogP contribution >= 0.6 is 0 Å². The van der Waals surface area contributed by atoms with Crippen LogP contribution in [0.2, 0.25) is 0 Å². The Balaban J connectivity index is 2.04. The zero-order valence-electron chi connectivity index (χ0n) is 15.6. The second-order valence-corrected chi connectivity index (χ2v) is 6.28. The highest BCUT2D eigenvalue weighted by Crippen LogP contribution is 2.21. The first-order chi connectivity index (χ1) is 11.9. The van der Waals surface area contributed by atoms with Gasteiger partial charge in [-0.25, -0.2) is 0 Å². The van der Waals surface area contributed by atoms with E-state index >= 15 is 0 Å². The number of aryl methyl sites for hydroxylation is 2. The Bertz CT molecular complexity index is 710. The van der Waals surface area contributed by atoms with Crippen molar-refractivity contribution in [3.63, 3.8) is 0 Å². The van der Waals surface area contributed by atoms with Gasteiger partial charge in [-0.1, -0.05) is 30.7 Å². The van der Waals surface area contributed by atoms with Crippen LogP contribution in [-0.2, 0) is 4.79 Å². The molecule has 134 valence electrons. The van der Waals surface area contributed by atoms with Crippen molar-refractivity contribution in [2.24, 2.45) is 0 Å². The lowest BCUT2D eigenvalue weighted by molar-refractivity contribution is -0.128. The molecule has 2 atom stereocenters. The number of nitrogens with one attached hydrogen (secondary N) is 1. The standard InChI is InChI=1S/C21H27NO3/c1-6-20(25-18-11-9-17(24-5)10-12-18)21(23)22-16(4)19-13-14(2)7-8-15(19)3/h7-13,16,20H,6H2,1-5H3,(H,22,23). The van der Waals surface area contributed by atoms with E-state index in [1.807, 2.05) is 38.1 Å². The molecule has 0 heterocycles. The third-order valence-electron chi connectivity index (χ3n) is 4.26. The molecule has 2 unspecified atom stereocenters. The molecule has 0 aliphatic rings. The van der Waals surface area contributed by atoms with Crippen molar-refractivity contribution in [3.8, 4) is 11.5 Å². The van der Waals surface area contributed by atoms with E-state index in [1.165, 1.54) is 11.1 Å². The van der Waals surface area contributed by atoms with E-state index in [-0.39, 0.29) is 11.9 Å². The van der Waals surface area contributed by atoms with Crippen molar-refractivity contribution >= 4 is 5.91 Å². The van der Waals surface area contributed by atoms with Gasteiger partial charge in [0, 0.05) is 0 Å². The lowest BCUT2D eigenvalue weighted by Crippen LogP contribution is -2.39. The van der Waals surface area contributed by atoms with Crippen LogP contribution in [0.1, 0.15) is 43.0 Å². The molecule has 2 aromatic carbocycles. The van der Waals surface area contributed by atoms with Crippen molar-refractivity contribution in [3.05, 3.63) is 59.2 Å². The van der Waals surface area contributed by atoms with Gasteiger partial charge in [-0.05, 0) is 62.6 Å². The molecule has 25 heavy (non-hydrogen) atoms. The lowest BCUT2D eigenvalue weighted by Gasteiger charge is -2.22. The molecule has 0 saturated heterocycles. The molecule has 1 amide bonds. The van der Waals surface area contributed by atoms with E-state index in [2.05, 4.69) is 37.4 Å². The summed E-state index contributed by atoms with van der Waals surface area (Å²) >= 11 is 0. The fourth-order valence-corrected chi connectivity index (χ4v) is 2.75. The van der Waals surface area contributed by atoms with E-state index in [0.717, 1.165) is 11.3 Å². The number of carbonyl (C=O) groups is 1. The number of benzene rings is 2. The molecular weight excluding hydrogens is 314 g/mol. The highest BCUT2D eigenvalue weighted by molar-refractivity contribution is 5.81. The summed E-state index contributed by atoms with van der Waals surface area (Å²) in [6, 6.07) is 13.5. The molecule has 0 fully saturated rings. The molecule has 0 spiro atoms. The Morgan fingerprint density at radius 3 is 2.32 bits per heavy atom. The predicted molar refractivity (Wildman–Crippen MR) is 100 cm³/mol. The van der Waals surface area contributed by atoms with Gasteiger partial charge in [0.2, 0.25) is 0 Å². The van der Waals surface area contributed by atoms with Gasteiger partial charge >= 0.3 is 0 Å². The largest absolute Gasteiger partial charge is 0.497 e. The summed E-state index contributed by atoms with van der Waals surface area (Å²) < 4.78 is 11.0. The van der Waals surface area contributed by atoms with Crippen LogP contribution < -0.4 is 14.8 Å². The van der Waals surface area contributed by atoms with Gasteiger partial charge in [0.15, 0.2) is 6.10 Å². The Kier molecular flexibility index (Phi) is 6.45. The average molecular weight is 341 g/mol. The number of ether oxygens (including phenoxy) is 2. The van der Waals surface area contributed by atoms with Crippen molar-refractivity contribution in [1.29, 1.82) is 0 Å². The number of hydrogen-bond acceptors (Lipinski definition) is 3. The Morgan fingerprint density at radius 2 is 1.72 bits per heavy atom. The molecular formula is C21H27NO3. The third-order valence-corrected chi connectivity index (χ3v) is 4.26. The predicted octanol–water partition coefficient (Wildman–Crippen LogP) is 4.35. The number of carbonyl (C=O) groups excluding carboxylic acids is 1. The summed E-state index contributed by atoms with van der Waals surface area (Å²) in [6.07, 6.45) is 0.0677. The quantitative estimate of drug-likeness (QED) is 0.814. The maximum atomic E-state index is 12.6. The molecule has 0 bridgehead atoms. The SMILES string of the molecule is CCC(Oc1ccc(OC)cc1)C(=O)NC(C)c1cc(C)ccc1C. The zero-order valence-corrected chi connectivity index (χ0v) is 15.6. The second-order valence-electron chi connectivity index (χ2n) is 6.28. The minimum atomic E-state index is -0.527. The summed E-state index contributed by atoms with van der Waals surface area (Å²) in [6.45, 7) is 8.05. The third kappa shape index (κ3) is 4.99. The maximum Gasteiger partial charge on any atom is 0.261 e. The number of hydrogen-bond donors (Lipinski definition) is 1. The molecule has 0 radical (unpaired) electrons. The maximum absolute atomic E-state index is 12.6. The molecule has 0 aromatic heterocycles. The van der Waals surface area contributed by atoms with Crippen LogP contribution in [0.25, 0.3) is 0 Å². The van der Waals surface area contributed by atoms with Crippen LogP contribution in [0, 0.1) is 13.8 Å². The van der Waals surface area contributed by atoms with Crippen molar-refractivity contribution in [2.75, 3.05) is 7.11 Å². The molecule has 0 aliphatic carbocycles. The van der Waals surface area contributed by atoms with E-state index in [4.69, 9.17) is 9.47 Å². The summed E-state index contributed by atoms with van der Waals surface area (Å²) in [5.41, 5.74) is 3.48. The Morgan fingerprint density at radius 1 is 1.08 bits per heavy atom. The number of methoxy groups -OCH3 is 1. The molecule has 4 heteroatoms. The summed E-state index contributed by atoms with van der Waals surface area (Å²) in [4.78, 5) is 12.6.